The second kappa shape index (κ2) is 6.75. The fourth-order valence-electron chi connectivity index (χ4n) is 0.935. The summed E-state index contributed by atoms with van der Waals surface area (Å²) in [6.45, 7) is 7.60. The van der Waals surface area contributed by atoms with E-state index in [1.165, 1.54) is 0 Å². The lowest BCUT2D eigenvalue weighted by molar-refractivity contribution is 0.00951. The van der Waals surface area contributed by atoms with Crippen molar-refractivity contribution >= 4 is 6.16 Å². The quantitative estimate of drug-likeness (QED) is 0.622. The maximum absolute atomic E-state index is 11.0. The highest BCUT2D eigenvalue weighted by atomic mass is 16.7. The molecular formula is C10H20O3. The smallest absolute Gasteiger partial charge is 0.432 e. The highest BCUT2D eigenvalue weighted by Crippen LogP contribution is 2.05. The van der Waals surface area contributed by atoms with Crippen molar-refractivity contribution in [3.8, 4) is 0 Å². The molecule has 0 aliphatic rings. The predicted octanol–water partition coefficient (Wildman–Crippen LogP) is 3.13. The first-order valence-electron chi connectivity index (χ1n) is 4.93. The van der Waals surface area contributed by atoms with Crippen molar-refractivity contribution in [3.63, 3.8) is 0 Å². The zero-order chi connectivity index (χ0) is 10.3. The van der Waals surface area contributed by atoms with E-state index in [-0.39, 0.29) is 12.2 Å². The standard InChI is InChI=1S/C10H20O3/c1-5-6-7-9(4)13-10(11)12-8(2)3/h8-9H,5-7H2,1-4H3. The highest BCUT2D eigenvalue weighted by molar-refractivity contribution is 5.60. The number of unbranched alkanes of at least 4 members (excludes halogenated alkanes) is 1. The third-order valence-corrected chi connectivity index (χ3v) is 1.59. The van der Waals surface area contributed by atoms with Gasteiger partial charge in [-0.1, -0.05) is 19.8 Å². The van der Waals surface area contributed by atoms with Gasteiger partial charge in [-0.3, -0.25) is 0 Å². The van der Waals surface area contributed by atoms with Gasteiger partial charge in [0.05, 0.1) is 6.10 Å². The number of carbonyl (C=O) groups is 1. The second-order valence-electron chi connectivity index (χ2n) is 3.49. The molecule has 0 aromatic carbocycles. The van der Waals surface area contributed by atoms with Gasteiger partial charge in [-0.05, 0) is 27.2 Å². The van der Waals surface area contributed by atoms with Crippen LogP contribution in [0.1, 0.15) is 47.0 Å². The number of rotatable bonds is 5. The van der Waals surface area contributed by atoms with E-state index in [0.717, 1.165) is 19.3 Å². The third kappa shape index (κ3) is 7.62. The van der Waals surface area contributed by atoms with Crippen LogP contribution in [-0.2, 0) is 9.47 Å². The Balaban J connectivity index is 3.53. The van der Waals surface area contributed by atoms with E-state index in [1.807, 2.05) is 6.92 Å². The molecule has 0 heterocycles. The number of hydrogen-bond donors (Lipinski definition) is 0. The van der Waals surface area contributed by atoms with Gasteiger partial charge < -0.3 is 9.47 Å². The summed E-state index contributed by atoms with van der Waals surface area (Å²) in [7, 11) is 0. The number of hydrogen-bond acceptors (Lipinski definition) is 3. The summed E-state index contributed by atoms with van der Waals surface area (Å²) in [6, 6.07) is 0. The summed E-state index contributed by atoms with van der Waals surface area (Å²) in [5.74, 6) is 0. The topological polar surface area (TPSA) is 35.5 Å². The van der Waals surface area contributed by atoms with Gasteiger partial charge in [0.1, 0.15) is 6.10 Å². The van der Waals surface area contributed by atoms with Gasteiger partial charge in [0.15, 0.2) is 0 Å². The molecule has 3 nitrogen and oxygen atoms in total. The molecule has 0 bridgehead atoms. The average Bonchev–Trinajstić information content (AvgIpc) is 1.98. The van der Waals surface area contributed by atoms with Crippen LogP contribution < -0.4 is 0 Å². The Bertz CT molecular complexity index is 143. The van der Waals surface area contributed by atoms with Crippen LogP contribution in [0.5, 0.6) is 0 Å². The van der Waals surface area contributed by atoms with Crippen molar-refractivity contribution in [1.29, 1.82) is 0 Å². The first-order valence-corrected chi connectivity index (χ1v) is 4.93. The van der Waals surface area contributed by atoms with Gasteiger partial charge in [0, 0.05) is 0 Å². The van der Waals surface area contributed by atoms with Gasteiger partial charge in [-0.2, -0.15) is 0 Å². The lowest BCUT2D eigenvalue weighted by atomic mass is 10.2. The molecule has 1 atom stereocenters. The van der Waals surface area contributed by atoms with Gasteiger partial charge in [0.25, 0.3) is 0 Å². The Morgan fingerprint density at radius 1 is 1.23 bits per heavy atom. The molecule has 0 fully saturated rings. The first-order chi connectivity index (χ1) is 6.06. The van der Waals surface area contributed by atoms with Crippen LogP contribution in [-0.4, -0.2) is 18.4 Å². The Morgan fingerprint density at radius 2 is 1.85 bits per heavy atom. The van der Waals surface area contributed by atoms with Gasteiger partial charge in [0.2, 0.25) is 0 Å². The molecule has 13 heavy (non-hydrogen) atoms. The molecule has 0 spiro atoms. The SMILES string of the molecule is CCCCC(C)OC(=O)OC(C)C. The van der Waals surface area contributed by atoms with Crippen LogP contribution in [0.4, 0.5) is 4.79 Å². The Labute approximate surface area is 80.4 Å². The lowest BCUT2D eigenvalue weighted by Gasteiger charge is -2.13. The largest absolute Gasteiger partial charge is 0.508 e. The Kier molecular flexibility index (Phi) is 6.37. The molecule has 0 N–H and O–H groups in total. The molecule has 0 radical (unpaired) electrons. The lowest BCUT2D eigenvalue weighted by Crippen LogP contribution is -2.18. The first kappa shape index (κ1) is 12.3. The minimum absolute atomic E-state index is 0.0359. The van der Waals surface area contributed by atoms with Gasteiger partial charge in [-0.15, -0.1) is 0 Å². The fourth-order valence-corrected chi connectivity index (χ4v) is 0.935. The van der Waals surface area contributed by atoms with Crippen LogP contribution in [0, 0.1) is 0 Å². The van der Waals surface area contributed by atoms with E-state index in [2.05, 4.69) is 6.92 Å². The summed E-state index contributed by atoms with van der Waals surface area (Å²) in [5.41, 5.74) is 0. The fraction of sp³-hybridized carbons (Fsp3) is 0.900. The maximum Gasteiger partial charge on any atom is 0.508 e. The monoisotopic (exact) mass is 188 g/mol. The molecule has 0 aliphatic heterocycles. The van der Waals surface area contributed by atoms with Crippen molar-refractivity contribution in [2.45, 2.75) is 59.2 Å². The molecule has 78 valence electrons. The van der Waals surface area contributed by atoms with Gasteiger partial charge >= 0.3 is 6.16 Å². The third-order valence-electron chi connectivity index (χ3n) is 1.59. The molecule has 0 saturated carbocycles. The predicted molar refractivity (Wildman–Crippen MR) is 51.7 cm³/mol. The summed E-state index contributed by atoms with van der Waals surface area (Å²) >= 11 is 0. The van der Waals surface area contributed by atoms with Gasteiger partial charge in [-0.25, -0.2) is 4.79 Å². The van der Waals surface area contributed by atoms with Crippen LogP contribution >= 0.6 is 0 Å². The zero-order valence-electron chi connectivity index (χ0n) is 9.00. The Morgan fingerprint density at radius 3 is 2.31 bits per heavy atom. The van der Waals surface area contributed by atoms with Crippen molar-refractivity contribution in [3.05, 3.63) is 0 Å². The molecule has 0 saturated heterocycles. The van der Waals surface area contributed by atoms with Crippen LogP contribution in [0.15, 0.2) is 0 Å². The summed E-state index contributed by atoms with van der Waals surface area (Å²) < 4.78 is 9.84. The van der Waals surface area contributed by atoms with Crippen LogP contribution in [0.3, 0.4) is 0 Å². The van der Waals surface area contributed by atoms with Crippen molar-refractivity contribution in [1.82, 2.24) is 0 Å². The van der Waals surface area contributed by atoms with E-state index in [4.69, 9.17) is 9.47 Å². The molecule has 0 amide bonds. The molecule has 1 unspecified atom stereocenters. The highest BCUT2D eigenvalue weighted by Gasteiger charge is 2.11. The maximum atomic E-state index is 11.0. The minimum atomic E-state index is -0.557. The van der Waals surface area contributed by atoms with E-state index < -0.39 is 6.16 Å². The van der Waals surface area contributed by atoms with Crippen molar-refractivity contribution in [2.75, 3.05) is 0 Å². The van der Waals surface area contributed by atoms with E-state index in [1.54, 1.807) is 13.8 Å². The van der Waals surface area contributed by atoms with E-state index in [0.29, 0.717) is 0 Å². The molecule has 0 aliphatic carbocycles. The van der Waals surface area contributed by atoms with E-state index >= 15 is 0 Å². The molecule has 3 heteroatoms. The zero-order valence-corrected chi connectivity index (χ0v) is 9.00. The average molecular weight is 188 g/mol. The van der Waals surface area contributed by atoms with Crippen molar-refractivity contribution < 1.29 is 14.3 Å². The summed E-state index contributed by atoms with van der Waals surface area (Å²) in [6.07, 6.45) is 2.41. The summed E-state index contributed by atoms with van der Waals surface area (Å²) in [5, 5.41) is 0. The van der Waals surface area contributed by atoms with Crippen LogP contribution in [0.25, 0.3) is 0 Å². The number of ether oxygens (including phenoxy) is 2. The van der Waals surface area contributed by atoms with Crippen molar-refractivity contribution in [2.24, 2.45) is 0 Å². The summed E-state index contributed by atoms with van der Waals surface area (Å²) in [4.78, 5) is 11.0. The second-order valence-corrected chi connectivity index (χ2v) is 3.49. The van der Waals surface area contributed by atoms with Crippen LogP contribution in [0.2, 0.25) is 0 Å². The normalized spacial score (nSPS) is 12.7. The molecular weight excluding hydrogens is 168 g/mol. The van der Waals surface area contributed by atoms with E-state index in [9.17, 15) is 4.79 Å². The molecule has 0 rings (SSSR count). The molecule has 0 aromatic heterocycles. The minimum Gasteiger partial charge on any atom is -0.432 e. The Hall–Kier alpha value is -0.730. The number of carbonyl (C=O) groups excluding carboxylic acids is 1. The molecule has 0 aromatic rings.